The zero-order chi connectivity index (χ0) is 15.1. The Morgan fingerprint density at radius 2 is 1.90 bits per heavy atom. The van der Waals surface area contributed by atoms with Crippen molar-refractivity contribution >= 4 is 50.9 Å². The van der Waals surface area contributed by atoms with E-state index in [2.05, 4.69) is 26.2 Å². The first-order valence-electron chi connectivity index (χ1n) is 6.02. The number of imide groups is 1. The lowest BCUT2D eigenvalue weighted by molar-refractivity contribution is 0.0693. The van der Waals surface area contributed by atoms with Crippen molar-refractivity contribution < 1.29 is 9.59 Å². The SMILES string of the molecule is CN1C(=O)c2ccc(Nc3ncc(Cl)cc3Br)cc2C1=O. The van der Waals surface area contributed by atoms with Crippen LogP contribution in [0.1, 0.15) is 20.7 Å². The molecule has 0 saturated carbocycles. The molecular formula is C14H9BrClN3O2. The summed E-state index contributed by atoms with van der Waals surface area (Å²) in [6.07, 6.45) is 1.52. The number of anilines is 2. The Morgan fingerprint density at radius 1 is 1.19 bits per heavy atom. The molecule has 5 nitrogen and oxygen atoms in total. The fourth-order valence-electron chi connectivity index (χ4n) is 2.08. The van der Waals surface area contributed by atoms with E-state index in [-0.39, 0.29) is 11.8 Å². The highest BCUT2D eigenvalue weighted by atomic mass is 79.9. The molecule has 0 spiro atoms. The van der Waals surface area contributed by atoms with E-state index < -0.39 is 0 Å². The summed E-state index contributed by atoms with van der Waals surface area (Å²) in [5.74, 6) is -0.0152. The van der Waals surface area contributed by atoms with E-state index in [1.807, 2.05) is 0 Å². The summed E-state index contributed by atoms with van der Waals surface area (Å²) in [5.41, 5.74) is 1.47. The predicted molar refractivity (Wildman–Crippen MR) is 83.1 cm³/mol. The van der Waals surface area contributed by atoms with E-state index in [0.717, 1.165) is 4.90 Å². The maximum atomic E-state index is 12.0. The number of aromatic nitrogens is 1. The second kappa shape index (κ2) is 5.13. The number of pyridine rings is 1. The van der Waals surface area contributed by atoms with Crippen molar-refractivity contribution in [2.45, 2.75) is 0 Å². The molecule has 1 aliphatic rings. The number of rotatable bonds is 2. The van der Waals surface area contributed by atoms with E-state index in [0.29, 0.717) is 32.1 Å². The van der Waals surface area contributed by atoms with Gasteiger partial charge in [0, 0.05) is 18.9 Å². The van der Waals surface area contributed by atoms with E-state index >= 15 is 0 Å². The van der Waals surface area contributed by atoms with Crippen LogP contribution in [0.4, 0.5) is 11.5 Å². The third-order valence-corrected chi connectivity index (χ3v) is 3.97. The zero-order valence-corrected chi connectivity index (χ0v) is 13.2. The molecule has 1 aromatic heterocycles. The largest absolute Gasteiger partial charge is 0.339 e. The van der Waals surface area contributed by atoms with Crippen LogP contribution in [0.5, 0.6) is 0 Å². The normalized spacial score (nSPS) is 13.6. The van der Waals surface area contributed by atoms with Crippen LogP contribution >= 0.6 is 27.5 Å². The monoisotopic (exact) mass is 365 g/mol. The Kier molecular flexibility index (Phi) is 3.43. The Hall–Kier alpha value is -1.92. The minimum absolute atomic E-state index is 0.285. The van der Waals surface area contributed by atoms with Crippen molar-refractivity contribution in [2.24, 2.45) is 0 Å². The van der Waals surface area contributed by atoms with Gasteiger partial charge in [-0.3, -0.25) is 14.5 Å². The van der Waals surface area contributed by atoms with Gasteiger partial charge < -0.3 is 5.32 Å². The molecule has 21 heavy (non-hydrogen) atoms. The topological polar surface area (TPSA) is 62.3 Å². The quantitative estimate of drug-likeness (QED) is 0.827. The summed E-state index contributed by atoms with van der Waals surface area (Å²) in [6.45, 7) is 0. The summed E-state index contributed by atoms with van der Waals surface area (Å²) >= 11 is 9.20. The van der Waals surface area contributed by atoms with Crippen molar-refractivity contribution in [3.8, 4) is 0 Å². The molecule has 0 saturated heterocycles. The number of benzene rings is 1. The average Bonchev–Trinajstić information content (AvgIpc) is 2.67. The van der Waals surface area contributed by atoms with Gasteiger partial charge in [0.1, 0.15) is 5.82 Å². The maximum absolute atomic E-state index is 12.0. The molecule has 2 aromatic rings. The molecule has 1 N–H and O–H groups in total. The molecule has 0 fully saturated rings. The highest BCUT2D eigenvalue weighted by Gasteiger charge is 2.32. The summed E-state index contributed by atoms with van der Waals surface area (Å²) in [5, 5.41) is 3.60. The fourth-order valence-corrected chi connectivity index (χ4v) is 2.82. The third kappa shape index (κ3) is 2.41. The van der Waals surface area contributed by atoms with Gasteiger partial charge in [-0.1, -0.05) is 11.6 Å². The van der Waals surface area contributed by atoms with Gasteiger partial charge in [-0.2, -0.15) is 0 Å². The van der Waals surface area contributed by atoms with E-state index in [1.165, 1.54) is 13.2 Å². The summed E-state index contributed by atoms with van der Waals surface area (Å²) in [7, 11) is 1.47. The third-order valence-electron chi connectivity index (χ3n) is 3.16. The number of hydrogen-bond donors (Lipinski definition) is 1. The molecule has 0 radical (unpaired) electrons. The van der Waals surface area contributed by atoms with Gasteiger partial charge in [0.25, 0.3) is 11.8 Å². The zero-order valence-electron chi connectivity index (χ0n) is 10.9. The van der Waals surface area contributed by atoms with Gasteiger partial charge in [-0.15, -0.1) is 0 Å². The first kappa shape index (κ1) is 14.0. The molecule has 0 aliphatic carbocycles. The van der Waals surface area contributed by atoms with Crippen LogP contribution in [-0.2, 0) is 0 Å². The maximum Gasteiger partial charge on any atom is 0.261 e. The van der Waals surface area contributed by atoms with Crippen LogP contribution in [0.3, 0.4) is 0 Å². The highest BCUT2D eigenvalue weighted by Crippen LogP contribution is 2.29. The molecule has 2 heterocycles. The van der Waals surface area contributed by atoms with Crippen molar-refractivity contribution in [1.82, 2.24) is 9.88 Å². The van der Waals surface area contributed by atoms with Crippen LogP contribution in [0.25, 0.3) is 0 Å². The number of halogens is 2. The Morgan fingerprint density at radius 3 is 2.62 bits per heavy atom. The molecule has 106 valence electrons. The highest BCUT2D eigenvalue weighted by molar-refractivity contribution is 9.10. The van der Waals surface area contributed by atoms with E-state index in [4.69, 9.17) is 11.6 Å². The average molecular weight is 367 g/mol. The van der Waals surface area contributed by atoms with E-state index in [9.17, 15) is 9.59 Å². The number of fused-ring (bicyclic) bond motifs is 1. The Bertz CT molecular complexity index is 779. The Labute approximate surface area is 134 Å². The standard InChI is InChI=1S/C14H9BrClN3O2/c1-19-13(20)9-3-2-8(5-10(9)14(19)21)18-12-11(15)4-7(16)6-17-12/h2-6H,1H3,(H,17,18). The van der Waals surface area contributed by atoms with Gasteiger partial charge in [0.2, 0.25) is 0 Å². The minimum Gasteiger partial charge on any atom is -0.339 e. The first-order valence-corrected chi connectivity index (χ1v) is 7.19. The molecule has 1 aliphatic heterocycles. The van der Waals surface area contributed by atoms with Crippen molar-refractivity contribution in [3.05, 3.63) is 51.1 Å². The molecule has 0 unspecified atom stereocenters. The molecule has 2 amide bonds. The Balaban J connectivity index is 1.95. The van der Waals surface area contributed by atoms with Crippen LogP contribution in [0.15, 0.2) is 34.9 Å². The minimum atomic E-state index is -0.304. The van der Waals surface area contributed by atoms with Gasteiger partial charge >= 0.3 is 0 Å². The number of nitrogens with zero attached hydrogens (tertiary/aromatic N) is 2. The van der Waals surface area contributed by atoms with Gasteiger partial charge in [-0.05, 0) is 40.2 Å². The summed E-state index contributed by atoms with van der Waals surface area (Å²) < 4.78 is 0.704. The van der Waals surface area contributed by atoms with Crippen LogP contribution in [0, 0.1) is 0 Å². The smallest absolute Gasteiger partial charge is 0.261 e. The van der Waals surface area contributed by atoms with Crippen molar-refractivity contribution in [2.75, 3.05) is 12.4 Å². The first-order chi connectivity index (χ1) is 9.97. The van der Waals surface area contributed by atoms with E-state index in [1.54, 1.807) is 24.3 Å². The van der Waals surface area contributed by atoms with Crippen LogP contribution in [-0.4, -0.2) is 28.7 Å². The van der Waals surface area contributed by atoms with Gasteiger partial charge in [-0.25, -0.2) is 4.98 Å². The van der Waals surface area contributed by atoms with Crippen LogP contribution in [0.2, 0.25) is 5.02 Å². The lowest BCUT2D eigenvalue weighted by Gasteiger charge is -2.08. The lowest BCUT2D eigenvalue weighted by atomic mass is 10.1. The van der Waals surface area contributed by atoms with Gasteiger partial charge in [0.05, 0.1) is 20.6 Å². The molecule has 0 atom stereocenters. The summed E-state index contributed by atoms with van der Waals surface area (Å²) in [4.78, 5) is 29.0. The molecule has 7 heteroatoms. The summed E-state index contributed by atoms with van der Waals surface area (Å²) in [6, 6.07) is 6.71. The fraction of sp³-hybridized carbons (Fsp3) is 0.0714. The molecule has 3 rings (SSSR count). The predicted octanol–water partition coefficient (Wildman–Crippen LogP) is 3.47. The number of amides is 2. The van der Waals surface area contributed by atoms with Crippen molar-refractivity contribution in [3.63, 3.8) is 0 Å². The van der Waals surface area contributed by atoms with Crippen molar-refractivity contribution in [1.29, 1.82) is 0 Å². The number of nitrogens with one attached hydrogen (secondary N) is 1. The van der Waals surface area contributed by atoms with Crippen LogP contribution < -0.4 is 5.32 Å². The number of carbonyl (C=O) groups excluding carboxylic acids is 2. The lowest BCUT2D eigenvalue weighted by Crippen LogP contribution is -2.24. The molecular weight excluding hydrogens is 358 g/mol. The molecule has 0 bridgehead atoms. The second-order valence-electron chi connectivity index (χ2n) is 4.54. The number of hydrogen-bond acceptors (Lipinski definition) is 4. The number of carbonyl (C=O) groups is 2. The molecule has 1 aromatic carbocycles. The van der Waals surface area contributed by atoms with Gasteiger partial charge in [0.15, 0.2) is 0 Å². The second-order valence-corrected chi connectivity index (χ2v) is 5.83.